The average Bonchev–Trinajstić information content (AvgIpc) is 2.35. The van der Waals surface area contributed by atoms with Crippen molar-refractivity contribution in [3.8, 4) is 11.1 Å². The van der Waals surface area contributed by atoms with Crippen LogP contribution < -0.4 is 5.32 Å². The van der Waals surface area contributed by atoms with Gasteiger partial charge in [0.15, 0.2) is 0 Å². The van der Waals surface area contributed by atoms with E-state index in [-0.39, 0.29) is 11.6 Å². The van der Waals surface area contributed by atoms with Crippen LogP contribution in [0.15, 0.2) is 40.9 Å². The predicted octanol–water partition coefficient (Wildman–Crippen LogP) is 4.11. The van der Waals surface area contributed by atoms with Gasteiger partial charge in [0.05, 0.1) is 4.47 Å². The van der Waals surface area contributed by atoms with Crippen molar-refractivity contribution < 1.29 is 8.78 Å². The van der Waals surface area contributed by atoms with E-state index in [0.29, 0.717) is 27.7 Å². The lowest BCUT2D eigenvalue weighted by molar-refractivity contribution is 0.600. The Bertz CT molecular complexity index is 570. The van der Waals surface area contributed by atoms with E-state index in [1.165, 1.54) is 6.07 Å². The first-order valence-corrected chi connectivity index (χ1v) is 6.30. The van der Waals surface area contributed by atoms with Crippen molar-refractivity contribution >= 4 is 15.9 Å². The quantitative estimate of drug-likeness (QED) is 0.899. The Morgan fingerprint density at radius 1 is 1.17 bits per heavy atom. The van der Waals surface area contributed by atoms with E-state index in [1.54, 1.807) is 37.4 Å². The smallest absolute Gasteiger partial charge is 0.145 e. The molecule has 0 bridgehead atoms. The van der Waals surface area contributed by atoms with Crippen molar-refractivity contribution in [2.24, 2.45) is 0 Å². The predicted molar refractivity (Wildman–Crippen MR) is 72.3 cm³/mol. The average molecular weight is 312 g/mol. The van der Waals surface area contributed by atoms with Crippen LogP contribution in [-0.2, 0) is 6.54 Å². The molecule has 0 spiro atoms. The molecule has 0 radical (unpaired) electrons. The Morgan fingerprint density at radius 2 is 1.94 bits per heavy atom. The van der Waals surface area contributed by atoms with Gasteiger partial charge in [-0.25, -0.2) is 8.78 Å². The molecule has 2 rings (SSSR count). The summed E-state index contributed by atoms with van der Waals surface area (Å²) in [5, 5.41) is 2.88. The summed E-state index contributed by atoms with van der Waals surface area (Å²) in [5.74, 6) is -0.709. The first-order valence-electron chi connectivity index (χ1n) is 5.51. The molecule has 0 aliphatic carbocycles. The van der Waals surface area contributed by atoms with Gasteiger partial charge in [-0.3, -0.25) is 0 Å². The Balaban J connectivity index is 2.46. The van der Waals surface area contributed by atoms with Crippen molar-refractivity contribution in [3.05, 3.63) is 58.1 Å². The van der Waals surface area contributed by atoms with Crippen LogP contribution in [0.5, 0.6) is 0 Å². The molecule has 0 aromatic heterocycles. The van der Waals surface area contributed by atoms with Crippen LogP contribution in [0, 0.1) is 11.6 Å². The van der Waals surface area contributed by atoms with Crippen molar-refractivity contribution in [1.29, 1.82) is 0 Å². The number of benzene rings is 2. The molecule has 0 aliphatic rings. The Morgan fingerprint density at radius 3 is 2.61 bits per heavy atom. The fraction of sp³-hybridized carbons (Fsp3) is 0.143. The van der Waals surface area contributed by atoms with Crippen molar-refractivity contribution in [3.63, 3.8) is 0 Å². The summed E-state index contributed by atoms with van der Waals surface area (Å²) < 4.78 is 28.0. The third-order valence-electron chi connectivity index (χ3n) is 2.68. The summed E-state index contributed by atoms with van der Waals surface area (Å²) in [7, 11) is 1.75. The minimum atomic E-state index is -0.377. The van der Waals surface area contributed by atoms with Gasteiger partial charge in [0.25, 0.3) is 0 Å². The molecule has 2 aromatic rings. The van der Waals surface area contributed by atoms with Gasteiger partial charge in [0.1, 0.15) is 11.6 Å². The molecular weight excluding hydrogens is 300 g/mol. The maximum Gasteiger partial charge on any atom is 0.145 e. The van der Waals surface area contributed by atoms with E-state index in [2.05, 4.69) is 21.2 Å². The van der Waals surface area contributed by atoms with Crippen LogP contribution in [0.3, 0.4) is 0 Å². The number of rotatable bonds is 3. The second-order valence-corrected chi connectivity index (χ2v) is 4.79. The number of hydrogen-bond donors (Lipinski definition) is 1. The van der Waals surface area contributed by atoms with Gasteiger partial charge in [-0.1, -0.05) is 24.3 Å². The molecule has 0 saturated heterocycles. The molecule has 1 nitrogen and oxygen atoms in total. The van der Waals surface area contributed by atoms with Crippen molar-refractivity contribution in [2.75, 3.05) is 7.05 Å². The molecule has 1 N–H and O–H groups in total. The summed E-state index contributed by atoms with van der Waals surface area (Å²) >= 11 is 3.12. The van der Waals surface area contributed by atoms with Crippen LogP contribution in [0.25, 0.3) is 11.1 Å². The van der Waals surface area contributed by atoms with E-state index in [4.69, 9.17) is 0 Å². The van der Waals surface area contributed by atoms with Crippen LogP contribution >= 0.6 is 15.9 Å². The molecule has 0 amide bonds. The minimum Gasteiger partial charge on any atom is -0.316 e. The highest BCUT2D eigenvalue weighted by Crippen LogP contribution is 2.28. The largest absolute Gasteiger partial charge is 0.316 e. The monoisotopic (exact) mass is 311 g/mol. The van der Waals surface area contributed by atoms with Crippen LogP contribution in [0.2, 0.25) is 0 Å². The molecule has 2 aromatic carbocycles. The van der Waals surface area contributed by atoms with Gasteiger partial charge >= 0.3 is 0 Å². The van der Waals surface area contributed by atoms with Crippen LogP contribution in [0.1, 0.15) is 5.56 Å². The van der Waals surface area contributed by atoms with Gasteiger partial charge in [-0.15, -0.1) is 0 Å². The zero-order chi connectivity index (χ0) is 13.1. The summed E-state index contributed by atoms with van der Waals surface area (Å²) in [6.07, 6.45) is 0. The van der Waals surface area contributed by atoms with Gasteiger partial charge in [0, 0.05) is 17.7 Å². The van der Waals surface area contributed by atoms with Crippen molar-refractivity contribution in [2.45, 2.75) is 6.54 Å². The first kappa shape index (κ1) is 13.2. The number of halogens is 3. The maximum atomic E-state index is 13.9. The fourth-order valence-electron chi connectivity index (χ4n) is 1.78. The topological polar surface area (TPSA) is 12.0 Å². The Kier molecular flexibility index (Phi) is 4.09. The van der Waals surface area contributed by atoms with Gasteiger partial charge in [-0.05, 0) is 40.7 Å². The summed E-state index contributed by atoms with van der Waals surface area (Å²) in [4.78, 5) is 0. The van der Waals surface area contributed by atoms with E-state index >= 15 is 0 Å². The number of hydrogen-bond acceptors (Lipinski definition) is 1. The molecule has 18 heavy (non-hydrogen) atoms. The zero-order valence-corrected chi connectivity index (χ0v) is 11.4. The molecule has 0 atom stereocenters. The highest BCUT2D eigenvalue weighted by Gasteiger charge is 2.10. The highest BCUT2D eigenvalue weighted by molar-refractivity contribution is 9.10. The van der Waals surface area contributed by atoms with Gasteiger partial charge in [-0.2, -0.15) is 0 Å². The van der Waals surface area contributed by atoms with E-state index < -0.39 is 0 Å². The second kappa shape index (κ2) is 5.59. The minimum absolute atomic E-state index is 0.332. The zero-order valence-electron chi connectivity index (χ0n) is 9.81. The lowest BCUT2D eigenvalue weighted by Gasteiger charge is -2.08. The maximum absolute atomic E-state index is 13.9. The first-order chi connectivity index (χ1) is 8.63. The fourth-order valence-corrected chi connectivity index (χ4v) is 2.14. The van der Waals surface area contributed by atoms with Crippen LogP contribution in [-0.4, -0.2) is 7.05 Å². The van der Waals surface area contributed by atoms with E-state index in [1.807, 2.05) is 0 Å². The van der Waals surface area contributed by atoms with Gasteiger partial charge in [0.2, 0.25) is 0 Å². The lowest BCUT2D eigenvalue weighted by Crippen LogP contribution is -2.06. The molecule has 0 saturated carbocycles. The van der Waals surface area contributed by atoms with Crippen molar-refractivity contribution in [1.82, 2.24) is 5.32 Å². The molecule has 0 heterocycles. The molecule has 0 unspecified atom stereocenters. The molecule has 4 heteroatoms. The molecule has 0 fully saturated rings. The Labute approximate surface area is 113 Å². The second-order valence-electron chi connectivity index (χ2n) is 3.94. The van der Waals surface area contributed by atoms with Crippen LogP contribution in [0.4, 0.5) is 8.78 Å². The molecule has 94 valence electrons. The van der Waals surface area contributed by atoms with Gasteiger partial charge < -0.3 is 5.32 Å². The molecular formula is C14H12BrF2N. The highest BCUT2D eigenvalue weighted by atomic mass is 79.9. The number of nitrogens with one attached hydrogen (secondary N) is 1. The SMILES string of the molecule is CNCc1ccc(-c2cccc(Br)c2F)cc1F. The standard InChI is InChI=1S/C14H12BrF2N/c1-18-8-10-6-5-9(7-13(10)16)11-3-2-4-12(15)14(11)17/h2-7,18H,8H2,1H3. The van der Waals surface area contributed by atoms with E-state index in [9.17, 15) is 8.78 Å². The Hall–Kier alpha value is -1.26. The third-order valence-corrected chi connectivity index (χ3v) is 3.30. The normalized spacial score (nSPS) is 10.7. The van der Waals surface area contributed by atoms with E-state index in [0.717, 1.165) is 0 Å². The molecule has 0 aliphatic heterocycles. The third kappa shape index (κ3) is 2.60. The lowest BCUT2D eigenvalue weighted by atomic mass is 10.0. The summed E-state index contributed by atoms with van der Waals surface area (Å²) in [6.45, 7) is 0.451. The summed E-state index contributed by atoms with van der Waals surface area (Å²) in [5.41, 5.74) is 1.49. The summed E-state index contributed by atoms with van der Waals surface area (Å²) in [6, 6.07) is 9.72.